The summed E-state index contributed by atoms with van der Waals surface area (Å²) in [5, 5.41) is 13.8. The molecule has 568 valence electrons. The molecular weight excluding hydrogens is 1500 g/mol. The van der Waals surface area contributed by atoms with Crippen LogP contribution in [0.3, 0.4) is 0 Å². The van der Waals surface area contributed by atoms with Crippen LogP contribution < -0.4 is 0 Å². The Kier molecular flexibility index (Phi) is 14.3. The van der Waals surface area contributed by atoms with Gasteiger partial charge >= 0.3 is 0 Å². The van der Waals surface area contributed by atoms with Crippen molar-refractivity contribution in [2.24, 2.45) is 0 Å². The predicted octanol–water partition coefficient (Wildman–Crippen LogP) is 29.8. The molecule has 0 saturated heterocycles. The minimum atomic E-state index is -0.142. The van der Waals surface area contributed by atoms with Gasteiger partial charge in [-0.2, -0.15) is 0 Å². The molecular formula is C110H74N6O2S2. The number of rotatable bonds is 6. The van der Waals surface area contributed by atoms with Gasteiger partial charge in [-0.05, 0) is 125 Å². The van der Waals surface area contributed by atoms with Crippen LogP contribution in [0.1, 0.15) is 99.9 Å². The summed E-state index contributed by atoms with van der Waals surface area (Å²) in [6.45, 7) is 18.6. The second-order valence-electron chi connectivity index (χ2n) is 35.0. The number of aromatic nitrogens is 6. The maximum atomic E-state index is 7.06. The molecule has 6 heterocycles. The lowest BCUT2D eigenvalue weighted by atomic mass is 9.82. The van der Waals surface area contributed by atoms with E-state index in [0.717, 1.165) is 105 Å². The van der Waals surface area contributed by atoms with Crippen molar-refractivity contribution < 1.29 is 8.83 Å². The second-order valence-corrected chi connectivity index (χ2v) is 37.1. The van der Waals surface area contributed by atoms with E-state index in [2.05, 4.69) is 359 Å². The normalized spacial score (nSPS) is 14.6. The van der Waals surface area contributed by atoms with Gasteiger partial charge in [0, 0.05) is 128 Å². The molecule has 22 aromatic rings. The van der Waals surface area contributed by atoms with E-state index in [0.29, 0.717) is 34.9 Å². The number of furan rings is 2. The summed E-state index contributed by atoms with van der Waals surface area (Å²) in [6, 6.07) is 109. The summed E-state index contributed by atoms with van der Waals surface area (Å²) < 4.78 is 19.2. The highest BCUT2D eigenvalue weighted by atomic mass is 32.1. The third kappa shape index (κ3) is 9.68. The standard InChI is InChI=1S/C55H37N3O2.C55H37N3S2/c2*1-54(2)41-21-9-7-15-37(41)45-43(54)27-25-35-33-17-11-19-39(47(33)59-49(35)45)52-56-51(32-24-23-30-13-5-6-14-31(30)29-32)57-53(58-52)40-20-12-18-34-36-26-28-44-46(50(36)60-48(34)40)38-16-8-10-22-42(38)55(44,3)4/h2*5-29H,1-4H3. The highest BCUT2D eigenvalue weighted by Gasteiger charge is 2.42. The average molecular weight is 1580 g/mol. The second kappa shape index (κ2) is 24.8. The fourth-order valence-corrected chi connectivity index (χ4v) is 23.8. The van der Waals surface area contributed by atoms with Gasteiger partial charge in [0.05, 0.1) is 11.1 Å². The molecule has 0 unspecified atom stereocenters. The molecule has 0 atom stereocenters. The van der Waals surface area contributed by atoms with Gasteiger partial charge < -0.3 is 8.83 Å². The first kappa shape index (κ1) is 69.2. The SMILES string of the molecule is CC1(C)c2ccccc2-c2c1ccc1c2oc2c(-c3nc(-c4ccc5ccccc5c4)nc(-c4cccc5c4oc4c6c(ccc45)C(C)(C)c4ccccc4-6)n3)cccc21.CC1(C)c2ccccc2-c2c1ccc1c2sc2c(-c3nc(-c4ccc5ccccc5c4)nc(-c4cccc5c4sc4c6c(ccc45)C(C)(C)c4ccccc4-6)n3)cccc21. The molecule has 26 rings (SSSR count). The highest BCUT2D eigenvalue weighted by Crippen LogP contribution is 2.59. The van der Waals surface area contributed by atoms with Crippen LogP contribution >= 0.6 is 22.7 Å². The lowest BCUT2D eigenvalue weighted by molar-refractivity contribution is 0.653. The van der Waals surface area contributed by atoms with E-state index in [1.807, 2.05) is 22.7 Å². The van der Waals surface area contributed by atoms with Crippen molar-refractivity contribution in [2.45, 2.75) is 77.0 Å². The van der Waals surface area contributed by atoms with Crippen LogP contribution in [0.25, 0.3) is 219 Å². The van der Waals surface area contributed by atoms with Gasteiger partial charge in [-0.3, -0.25) is 0 Å². The first-order valence-electron chi connectivity index (χ1n) is 41.4. The average Bonchev–Trinajstić information content (AvgIpc) is 1.56. The minimum Gasteiger partial charge on any atom is -0.455 e. The maximum absolute atomic E-state index is 7.06. The van der Waals surface area contributed by atoms with Crippen molar-refractivity contribution >= 4 is 128 Å². The maximum Gasteiger partial charge on any atom is 0.167 e. The Morgan fingerprint density at radius 3 is 0.858 bits per heavy atom. The van der Waals surface area contributed by atoms with Crippen molar-refractivity contribution in [2.75, 3.05) is 0 Å². The zero-order valence-electron chi connectivity index (χ0n) is 67.2. The summed E-state index contributed by atoms with van der Waals surface area (Å²) in [5.41, 5.74) is 29.3. The molecule has 10 heteroatoms. The van der Waals surface area contributed by atoms with Gasteiger partial charge in [-0.15, -0.1) is 22.7 Å². The first-order valence-corrected chi connectivity index (χ1v) is 43.0. The Hall–Kier alpha value is -13.9. The fourth-order valence-electron chi connectivity index (χ4n) is 21.0. The number of fused-ring (bicyclic) bond motifs is 30. The number of benzene rings is 16. The molecule has 0 radical (unpaired) electrons. The summed E-state index contributed by atoms with van der Waals surface area (Å²) in [6.07, 6.45) is 0. The molecule has 0 amide bonds. The number of nitrogens with zero attached hydrogens (tertiary/aromatic N) is 6. The predicted molar refractivity (Wildman–Crippen MR) is 498 cm³/mol. The van der Waals surface area contributed by atoms with Crippen molar-refractivity contribution in [1.82, 2.24) is 29.9 Å². The molecule has 6 aromatic heterocycles. The molecule has 0 spiro atoms. The number of hydrogen-bond acceptors (Lipinski definition) is 10. The van der Waals surface area contributed by atoms with Crippen molar-refractivity contribution in [3.05, 3.63) is 348 Å². The number of para-hydroxylation sites is 2. The van der Waals surface area contributed by atoms with E-state index in [4.69, 9.17) is 38.7 Å². The molecule has 8 nitrogen and oxygen atoms in total. The van der Waals surface area contributed by atoms with Crippen molar-refractivity contribution in [3.63, 3.8) is 0 Å². The Balaban J connectivity index is 0.000000133. The van der Waals surface area contributed by atoms with E-state index in [-0.39, 0.29) is 21.7 Å². The van der Waals surface area contributed by atoms with Crippen molar-refractivity contribution in [3.8, 4) is 113 Å². The van der Waals surface area contributed by atoms with Crippen LogP contribution in [0, 0.1) is 0 Å². The van der Waals surface area contributed by atoms with Gasteiger partial charge in [0.15, 0.2) is 34.9 Å². The quantitative estimate of drug-likeness (QED) is 0.162. The molecule has 4 aliphatic rings. The Bertz CT molecular complexity index is 7450. The van der Waals surface area contributed by atoms with E-state index >= 15 is 0 Å². The molecule has 0 saturated carbocycles. The lowest BCUT2D eigenvalue weighted by Gasteiger charge is -2.21. The van der Waals surface area contributed by atoms with Gasteiger partial charge in [-0.25, -0.2) is 29.9 Å². The topological polar surface area (TPSA) is 104 Å². The third-order valence-corrected chi connectivity index (χ3v) is 29.6. The molecule has 4 aliphatic carbocycles. The lowest BCUT2D eigenvalue weighted by Crippen LogP contribution is -2.14. The number of hydrogen-bond donors (Lipinski definition) is 0. The van der Waals surface area contributed by atoms with Gasteiger partial charge in [0.1, 0.15) is 22.3 Å². The monoisotopic (exact) mass is 1570 g/mol. The van der Waals surface area contributed by atoms with Crippen LogP contribution in [0.15, 0.2) is 312 Å². The van der Waals surface area contributed by atoms with Crippen LogP contribution in [0.5, 0.6) is 0 Å². The van der Waals surface area contributed by atoms with Gasteiger partial charge in [0.2, 0.25) is 0 Å². The summed E-state index contributed by atoms with van der Waals surface area (Å²) in [4.78, 5) is 32.0. The van der Waals surface area contributed by atoms with E-state index in [9.17, 15) is 0 Å². The van der Waals surface area contributed by atoms with Crippen LogP contribution in [-0.2, 0) is 21.7 Å². The van der Waals surface area contributed by atoms with Crippen LogP contribution in [0.2, 0.25) is 0 Å². The van der Waals surface area contributed by atoms with Crippen molar-refractivity contribution in [1.29, 1.82) is 0 Å². The van der Waals surface area contributed by atoms with Gasteiger partial charge in [0.25, 0.3) is 0 Å². The largest absolute Gasteiger partial charge is 0.455 e. The minimum absolute atomic E-state index is 0.0652. The Morgan fingerprint density at radius 2 is 0.475 bits per heavy atom. The molecule has 0 N–H and O–H groups in total. The summed E-state index contributed by atoms with van der Waals surface area (Å²) in [5.74, 6) is 3.70. The molecule has 0 fully saturated rings. The number of thiophene rings is 2. The summed E-state index contributed by atoms with van der Waals surface area (Å²) >= 11 is 3.74. The Labute approximate surface area is 699 Å². The third-order valence-electron chi connectivity index (χ3n) is 27.1. The molecule has 0 aliphatic heterocycles. The summed E-state index contributed by atoms with van der Waals surface area (Å²) in [7, 11) is 0. The van der Waals surface area contributed by atoms with Crippen LogP contribution in [0.4, 0.5) is 0 Å². The highest BCUT2D eigenvalue weighted by molar-refractivity contribution is 7.27. The van der Waals surface area contributed by atoms with E-state index in [1.54, 1.807) is 0 Å². The van der Waals surface area contributed by atoms with Gasteiger partial charge in [-0.1, -0.05) is 322 Å². The molecule has 16 aromatic carbocycles. The smallest absolute Gasteiger partial charge is 0.167 e. The zero-order valence-corrected chi connectivity index (χ0v) is 68.8. The first-order chi connectivity index (χ1) is 58.5. The Morgan fingerprint density at radius 1 is 0.200 bits per heavy atom. The van der Waals surface area contributed by atoms with Crippen LogP contribution in [-0.4, -0.2) is 29.9 Å². The van der Waals surface area contributed by atoms with E-state index in [1.165, 1.54) is 124 Å². The molecule has 0 bridgehead atoms. The fraction of sp³-hybridized carbons (Fsp3) is 0.109. The van der Waals surface area contributed by atoms with E-state index < -0.39 is 0 Å². The molecule has 120 heavy (non-hydrogen) atoms. The zero-order chi connectivity index (χ0) is 80.1.